The van der Waals surface area contributed by atoms with Crippen molar-refractivity contribution >= 4 is 38.2 Å². The molecule has 10 heteroatoms. The topological polar surface area (TPSA) is 98.9 Å². The average Bonchev–Trinajstić information content (AvgIpc) is 3.55. The summed E-state index contributed by atoms with van der Waals surface area (Å²) in [4.78, 5) is 14.1. The number of carbonyl (C=O) groups is 1. The second kappa shape index (κ2) is 9.36. The fourth-order valence-corrected chi connectivity index (χ4v) is 7.11. The van der Waals surface area contributed by atoms with E-state index in [1.165, 1.54) is 6.26 Å². The zero-order valence-corrected chi connectivity index (χ0v) is 23.0. The Morgan fingerprint density at radius 1 is 1.03 bits per heavy atom. The Morgan fingerprint density at radius 3 is 2.46 bits per heavy atom. The van der Waals surface area contributed by atoms with Crippen LogP contribution >= 0.6 is 11.6 Å². The molecule has 198 valence electrons. The summed E-state index contributed by atoms with van der Waals surface area (Å²) in [5.41, 5.74) is 3.84. The first kappa shape index (κ1) is 25.3. The smallest absolute Gasteiger partial charge is 0.253 e. The lowest BCUT2D eigenvalue weighted by Crippen LogP contribution is -2.51. The molecule has 0 spiro atoms. The monoisotopic (exact) mass is 559 g/mol. The molecule has 2 aromatic heterocycles. The summed E-state index contributed by atoms with van der Waals surface area (Å²) < 4.78 is 29.6. The number of amides is 1. The van der Waals surface area contributed by atoms with E-state index >= 15 is 0 Å². The molecule has 1 N–H and O–H groups in total. The second-order valence-corrected chi connectivity index (χ2v) is 12.5. The molecule has 0 unspecified atom stereocenters. The normalized spacial score (nSPS) is 17.2. The Kier molecular flexibility index (Phi) is 6.08. The number of hydrogen-bond acceptors (Lipinski definition) is 5. The number of halogens is 1. The Labute approximate surface area is 231 Å². The van der Waals surface area contributed by atoms with Gasteiger partial charge in [0, 0.05) is 28.5 Å². The van der Waals surface area contributed by atoms with E-state index in [1.807, 2.05) is 55.5 Å². The van der Waals surface area contributed by atoms with Gasteiger partial charge in [0.1, 0.15) is 12.7 Å². The van der Waals surface area contributed by atoms with E-state index in [0.717, 1.165) is 33.4 Å². The van der Waals surface area contributed by atoms with Crippen molar-refractivity contribution < 1.29 is 13.2 Å². The number of nitrogens with one attached hydrogen (secondary N) is 1. The molecule has 0 fully saturated rings. The number of fused-ring (bicyclic) bond motifs is 3. The predicted molar refractivity (Wildman–Crippen MR) is 150 cm³/mol. The first-order chi connectivity index (χ1) is 18.7. The molecule has 1 atom stereocenters. The van der Waals surface area contributed by atoms with Crippen molar-refractivity contribution in [2.75, 3.05) is 6.26 Å². The van der Waals surface area contributed by atoms with Gasteiger partial charge in [-0.05, 0) is 55.7 Å². The van der Waals surface area contributed by atoms with E-state index in [-0.39, 0.29) is 5.91 Å². The minimum Gasteiger partial charge on any atom is -0.341 e. The van der Waals surface area contributed by atoms with Crippen molar-refractivity contribution in [2.45, 2.75) is 36.7 Å². The van der Waals surface area contributed by atoms with Crippen molar-refractivity contribution in [1.29, 1.82) is 0 Å². The molecular formula is C29H26ClN5O3S. The van der Waals surface area contributed by atoms with Gasteiger partial charge in [-0.15, -0.1) is 10.2 Å². The SMILES string of the molecule is Cc1ccc2c(c1)c(S(C)(=O)=O)c1n2C[C@@](NC(=O)c2ccc(-n3cnnc3)cc2Cl)(c2ccccc2)CC1. The van der Waals surface area contributed by atoms with E-state index in [9.17, 15) is 13.2 Å². The van der Waals surface area contributed by atoms with Crippen LogP contribution < -0.4 is 5.32 Å². The molecule has 39 heavy (non-hydrogen) atoms. The summed E-state index contributed by atoms with van der Waals surface area (Å²) in [7, 11) is -3.48. The molecule has 0 radical (unpaired) electrons. The maximum absolute atomic E-state index is 13.8. The van der Waals surface area contributed by atoms with Crippen LogP contribution in [-0.4, -0.2) is 39.9 Å². The Bertz CT molecular complexity index is 1830. The minimum absolute atomic E-state index is 0.305. The van der Waals surface area contributed by atoms with Gasteiger partial charge in [0.15, 0.2) is 9.84 Å². The van der Waals surface area contributed by atoms with Crippen LogP contribution in [-0.2, 0) is 28.3 Å². The predicted octanol–water partition coefficient (Wildman–Crippen LogP) is 4.86. The summed E-state index contributed by atoms with van der Waals surface area (Å²) >= 11 is 6.59. The summed E-state index contributed by atoms with van der Waals surface area (Å²) in [6, 6.07) is 20.9. The molecule has 0 aliphatic carbocycles. The average molecular weight is 560 g/mol. The number of carbonyl (C=O) groups excluding carboxylic acids is 1. The third-order valence-electron chi connectivity index (χ3n) is 7.46. The van der Waals surface area contributed by atoms with Crippen LogP contribution in [0.5, 0.6) is 0 Å². The molecule has 3 aromatic carbocycles. The Hall–Kier alpha value is -3.95. The maximum Gasteiger partial charge on any atom is 0.253 e. The zero-order valence-electron chi connectivity index (χ0n) is 21.4. The first-order valence-corrected chi connectivity index (χ1v) is 14.8. The van der Waals surface area contributed by atoms with E-state index in [1.54, 1.807) is 35.4 Å². The molecule has 0 bridgehead atoms. The highest BCUT2D eigenvalue weighted by Crippen LogP contribution is 2.41. The molecule has 5 aromatic rings. The van der Waals surface area contributed by atoms with Crippen molar-refractivity contribution in [1.82, 2.24) is 24.6 Å². The Morgan fingerprint density at radius 2 is 1.77 bits per heavy atom. The van der Waals surface area contributed by atoms with E-state index in [4.69, 9.17) is 11.6 Å². The first-order valence-electron chi connectivity index (χ1n) is 12.5. The van der Waals surface area contributed by atoms with Gasteiger partial charge >= 0.3 is 0 Å². The van der Waals surface area contributed by atoms with Gasteiger partial charge in [-0.1, -0.05) is 53.6 Å². The lowest BCUT2D eigenvalue weighted by Gasteiger charge is -2.40. The van der Waals surface area contributed by atoms with Crippen LogP contribution in [0.2, 0.25) is 5.02 Å². The van der Waals surface area contributed by atoms with Crippen molar-refractivity contribution in [3.63, 3.8) is 0 Å². The van der Waals surface area contributed by atoms with Crippen LogP contribution in [0.25, 0.3) is 16.6 Å². The summed E-state index contributed by atoms with van der Waals surface area (Å²) in [5, 5.41) is 12.0. The quantitative estimate of drug-likeness (QED) is 0.331. The largest absolute Gasteiger partial charge is 0.341 e. The van der Waals surface area contributed by atoms with Crippen LogP contribution in [0.3, 0.4) is 0 Å². The molecule has 1 amide bonds. The van der Waals surface area contributed by atoms with E-state index < -0.39 is 15.4 Å². The minimum atomic E-state index is -3.48. The fourth-order valence-electron chi connectivity index (χ4n) is 5.65. The van der Waals surface area contributed by atoms with Crippen LogP contribution in [0.4, 0.5) is 0 Å². The lowest BCUT2D eigenvalue weighted by molar-refractivity contribution is 0.0867. The molecule has 0 saturated carbocycles. The highest BCUT2D eigenvalue weighted by atomic mass is 35.5. The number of aryl methyl sites for hydroxylation is 1. The maximum atomic E-state index is 13.8. The summed E-state index contributed by atoms with van der Waals surface area (Å²) in [5.74, 6) is -0.307. The van der Waals surface area contributed by atoms with Crippen LogP contribution in [0.1, 0.15) is 33.6 Å². The number of sulfone groups is 1. The van der Waals surface area contributed by atoms with E-state index in [2.05, 4.69) is 20.1 Å². The van der Waals surface area contributed by atoms with Crippen molar-refractivity contribution in [3.8, 4) is 5.69 Å². The number of benzene rings is 3. The van der Waals surface area contributed by atoms with Gasteiger partial charge in [0.05, 0.1) is 27.6 Å². The fraction of sp³-hybridized carbons (Fsp3) is 0.207. The molecule has 6 rings (SSSR count). The summed E-state index contributed by atoms with van der Waals surface area (Å²) in [6.45, 7) is 2.33. The van der Waals surface area contributed by atoms with Gasteiger partial charge in [0.2, 0.25) is 0 Å². The van der Waals surface area contributed by atoms with Crippen LogP contribution in [0.15, 0.2) is 84.3 Å². The Balaban J connectivity index is 1.44. The third-order valence-corrected chi connectivity index (χ3v) is 8.97. The highest BCUT2D eigenvalue weighted by molar-refractivity contribution is 7.91. The standard InChI is InChI=1S/C29H26ClN5O3S/c1-19-8-11-25-23(14-19)27(39(2,37)38)26-12-13-29(16-35(25)26,20-6-4-3-5-7-20)33-28(36)22-10-9-21(15-24(22)30)34-17-31-32-18-34/h3-11,14-15,17-18H,12-13,16H2,1-2H3,(H,33,36)/t29-/m1/s1. The molecule has 0 saturated heterocycles. The second-order valence-electron chi connectivity index (χ2n) is 10.1. The van der Waals surface area contributed by atoms with Gasteiger partial charge in [-0.25, -0.2) is 8.42 Å². The van der Waals surface area contributed by atoms with Gasteiger partial charge in [0.25, 0.3) is 5.91 Å². The molecule has 3 heterocycles. The zero-order chi connectivity index (χ0) is 27.4. The van der Waals surface area contributed by atoms with Crippen molar-refractivity contribution in [2.24, 2.45) is 0 Å². The van der Waals surface area contributed by atoms with Gasteiger partial charge < -0.3 is 9.88 Å². The third kappa shape index (κ3) is 4.41. The molecule has 8 nitrogen and oxygen atoms in total. The van der Waals surface area contributed by atoms with Gasteiger partial charge in [-0.3, -0.25) is 9.36 Å². The molecule has 1 aliphatic rings. The van der Waals surface area contributed by atoms with E-state index in [0.29, 0.717) is 34.9 Å². The molecular weight excluding hydrogens is 534 g/mol. The number of rotatable bonds is 5. The summed E-state index contributed by atoms with van der Waals surface area (Å²) in [6.07, 6.45) is 5.38. The lowest BCUT2D eigenvalue weighted by atomic mass is 9.82. The molecule has 1 aliphatic heterocycles. The highest BCUT2D eigenvalue weighted by Gasteiger charge is 2.41. The number of aromatic nitrogens is 4. The van der Waals surface area contributed by atoms with Gasteiger partial charge in [-0.2, -0.15) is 0 Å². The van der Waals surface area contributed by atoms with Crippen molar-refractivity contribution in [3.05, 3.63) is 107 Å². The number of nitrogens with zero attached hydrogens (tertiary/aromatic N) is 4. The van der Waals surface area contributed by atoms with Crippen LogP contribution in [0, 0.1) is 6.92 Å². The number of hydrogen-bond donors (Lipinski definition) is 1.